The van der Waals surface area contributed by atoms with Gasteiger partial charge in [-0.1, -0.05) is 23.7 Å². The summed E-state index contributed by atoms with van der Waals surface area (Å²) < 4.78 is 7.60. The van der Waals surface area contributed by atoms with Gasteiger partial charge in [0, 0.05) is 19.3 Å². The van der Waals surface area contributed by atoms with Crippen molar-refractivity contribution in [1.82, 2.24) is 24.7 Å². The largest absolute Gasteiger partial charge is 0.495 e. The first-order chi connectivity index (χ1) is 15.2. The summed E-state index contributed by atoms with van der Waals surface area (Å²) in [7, 11) is 1.67. The average Bonchev–Trinajstić information content (AvgIpc) is 3.25. The topological polar surface area (TPSA) is 78.4 Å². The van der Waals surface area contributed by atoms with Crippen LogP contribution in [0.2, 0.25) is 5.02 Å². The van der Waals surface area contributed by atoms with Crippen molar-refractivity contribution in [3.8, 4) is 17.1 Å². The van der Waals surface area contributed by atoms with Crippen LogP contribution < -0.4 is 15.4 Å². The quantitative estimate of drug-likeness (QED) is 0.494. The van der Waals surface area contributed by atoms with Gasteiger partial charge >= 0.3 is 0 Å². The van der Waals surface area contributed by atoms with Crippen LogP contribution in [0.15, 0.2) is 55.0 Å². The van der Waals surface area contributed by atoms with E-state index in [1.807, 2.05) is 34.9 Å². The van der Waals surface area contributed by atoms with Crippen LogP contribution in [-0.2, 0) is 0 Å². The van der Waals surface area contributed by atoms with Crippen molar-refractivity contribution in [2.75, 3.05) is 25.5 Å². The van der Waals surface area contributed by atoms with Crippen molar-refractivity contribution < 1.29 is 4.74 Å². The molecule has 0 atom stereocenters. The van der Waals surface area contributed by atoms with Crippen LogP contribution >= 0.6 is 11.6 Å². The summed E-state index contributed by atoms with van der Waals surface area (Å²) >= 11 is 6.43. The fourth-order valence-electron chi connectivity index (χ4n) is 3.98. The van der Waals surface area contributed by atoms with Gasteiger partial charge < -0.3 is 10.1 Å². The van der Waals surface area contributed by atoms with Gasteiger partial charge in [0.2, 0.25) is 5.95 Å². The van der Waals surface area contributed by atoms with Gasteiger partial charge in [-0.25, -0.2) is 20.3 Å². The smallest absolute Gasteiger partial charge is 0.227 e. The van der Waals surface area contributed by atoms with Gasteiger partial charge in [0.1, 0.15) is 17.1 Å². The fraction of sp³-hybridized carbons (Fsp3) is 0.261. The van der Waals surface area contributed by atoms with Crippen LogP contribution in [0.4, 0.5) is 11.6 Å². The molecule has 3 aromatic heterocycles. The van der Waals surface area contributed by atoms with Gasteiger partial charge in [-0.05, 0) is 48.6 Å². The maximum absolute atomic E-state index is 6.43. The maximum atomic E-state index is 6.43. The van der Waals surface area contributed by atoms with Gasteiger partial charge in [0.05, 0.1) is 35.9 Å². The van der Waals surface area contributed by atoms with Gasteiger partial charge in [0.15, 0.2) is 0 Å². The zero-order valence-electron chi connectivity index (χ0n) is 17.1. The Hall–Kier alpha value is -3.16. The van der Waals surface area contributed by atoms with E-state index >= 15 is 0 Å². The van der Waals surface area contributed by atoms with Crippen LogP contribution in [0, 0.1) is 0 Å². The summed E-state index contributed by atoms with van der Waals surface area (Å²) in [5.74, 6) is 1.72. The molecule has 1 aliphatic heterocycles. The number of methoxy groups -OCH3 is 1. The van der Waals surface area contributed by atoms with Crippen LogP contribution in [0.25, 0.3) is 17.0 Å². The Kier molecular flexibility index (Phi) is 5.44. The number of piperidine rings is 1. The molecule has 0 spiro atoms. The number of nitrogens with one attached hydrogen (secondary N) is 1. The number of aromatic nitrogens is 4. The van der Waals surface area contributed by atoms with E-state index in [0.29, 0.717) is 22.6 Å². The average molecular weight is 434 g/mol. The molecule has 4 heterocycles. The number of fused-ring (bicyclic) bond motifs is 1. The molecule has 1 aromatic carbocycles. The summed E-state index contributed by atoms with van der Waals surface area (Å²) in [6, 6.07) is 12.1. The summed E-state index contributed by atoms with van der Waals surface area (Å²) in [6.45, 7) is 1.86. The van der Waals surface area contributed by atoms with Crippen molar-refractivity contribution in [3.63, 3.8) is 0 Å². The third-order valence-electron chi connectivity index (χ3n) is 5.62. The van der Waals surface area contributed by atoms with Crippen molar-refractivity contribution in [2.45, 2.75) is 18.8 Å². The van der Waals surface area contributed by atoms with E-state index in [4.69, 9.17) is 16.3 Å². The third kappa shape index (κ3) is 3.94. The Morgan fingerprint density at radius 2 is 1.97 bits per heavy atom. The summed E-state index contributed by atoms with van der Waals surface area (Å²) in [6.07, 6.45) is 7.46. The second-order valence-corrected chi connectivity index (χ2v) is 7.90. The lowest BCUT2D eigenvalue weighted by Gasteiger charge is -2.23. The number of nitrogens with zero attached hydrogens (tertiary/aromatic N) is 5. The Morgan fingerprint density at radius 3 is 2.81 bits per heavy atom. The number of anilines is 2. The molecule has 4 aromatic rings. The summed E-state index contributed by atoms with van der Waals surface area (Å²) in [5.41, 5.74) is 4.32. The number of benzene rings is 1. The molecule has 1 N–H and O–H groups in total. The first kappa shape index (κ1) is 19.8. The van der Waals surface area contributed by atoms with Gasteiger partial charge in [-0.3, -0.25) is 4.40 Å². The Morgan fingerprint density at radius 1 is 1.10 bits per heavy atom. The number of ether oxygens (including phenoxy) is 1. The lowest BCUT2D eigenvalue weighted by Crippen LogP contribution is -2.21. The lowest BCUT2D eigenvalue weighted by molar-refractivity contribution is 0.412. The molecular weight excluding hydrogens is 412 g/mol. The molecule has 0 amide bonds. The SMILES string of the molecule is COc1cc(C2CC[N]CC2)ccc1Nc1ncc(Cl)c(-c2cnc3ccccn23)n1. The minimum atomic E-state index is 0.438. The number of hydrogen-bond acceptors (Lipinski definition) is 5. The second-order valence-electron chi connectivity index (χ2n) is 7.49. The minimum absolute atomic E-state index is 0.438. The van der Waals surface area contributed by atoms with Crippen LogP contribution in [-0.4, -0.2) is 39.6 Å². The highest BCUT2D eigenvalue weighted by Crippen LogP contribution is 2.34. The number of halogens is 1. The number of pyridine rings is 1. The van der Waals surface area contributed by atoms with Crippen LogP contribution in [0.5, 0.6) is 5.75 Å². The molecule has 31 heavy (non-hydrogen) atoms. The number of imidazole rings is 1. The fourth-order valence-corrected chi connectivity index (χ4v) is 4.17. The van der Waals surface area contributed by atoms with Crippen molar-refractivity contribution in [2.24, 2.45) is 0 Å². The zero-order valence-corrected chi connectivity index (χ0v) is 17.9. The highest BCUT2D eigenvalue weighted by atomic mass is 35.5. The molecule has 1 fully saturated rings. The molecule has 0 aliphatic carbocycles. The zero-order chi connectivity index (χ0) is 21.2. The van der Waals surface area contributed by atoms with Gasteiger partial charge in [-0.15, -0.1) is 0 Å². The molecule has 1 aliphatic rings. The number of hydrogen-bond donors (Lipinski definition) is 1. The standard InChI is InChI=1S/C23H22ClN6O/c1-31-20-12-16(15-7-9-25-10-8-15)5-6-18(20)28-23-27-13-17(24)22(29-23)19-14-26-21-4-2-3-11-30(19)21/h2-6,11-15H,7-10H2,1H3,(H,27,28,29). The van der Waals surface area contributed by atoms with Crippen molar-refractivity contribution >= 4 is 28.9 Å². The van der Waals surface area contributed by atoms with E-state index in [2.05, 4.69) is 37.7 Å². The molecule has 1 radical (unpaired) electrons. The maximum Gasteiger partial charge on any atom is 0.227 e. The normalized spacial score (nSPS) is 14.6. The molecule has 1 saturated heterocycles. The van der Waals surface area contributed by atoms with Gasteiger partial charge in [0.25, 0.3) is 0 Å². The van der Waals surface area contributed by atoms with Crippen LogP contribution in [0.3, 0.4) is 0 Å². The van der Waals surface area contributed by atoms with Gasteiger partial charge in [-0.2, -0.15) is 0 Å². The molecule has 7 nitrogen and oxygen atoms in total. The number of rotatable bonds is 5. The molecule has 0 bridgehead atoms. The predicted molar refractivity (Wildman–Crippen MR) is 121 cm³/mol. The molecular formula is C23H22ClN6O. The molecule has 8 heteroatoms. The molecule has 5 rings (SSSR count). The van der Waals surface area contributed by atoms with E-state index < -0.39 is 0 Å². The Balaban J connectivity index is 1.46. The summed E-state index contributed by atoms with van der Waals surface area (Å²) in [5, 5.41) is 8.18. The van der Waals surface area contributed by atoms with E-state index in [1.165, 1.54) is 5.56 Å². The van der Waals surface area contributed by atoms with Crippen molar-refractivity contribution in [3.05, 3.63) is 65.6 Å². The first-order valence-corrected chi connectivity index (χ1v) is 10.6. The highest BCUT2D eigenvalue weighted by molar-refractivity contribution is 6.32. The Bertz CT molecular complexity index is 1220. The lowest BCUT2D eigenvalue weighted by atomic mass is 9.90. The molecule has 0 unspecified atom stereocenters. The minimum Gasteiger partial charge on any atom is -0.495 e. The second kappa shape index (κ2) is 8.53. The third-order valence-corrected chi connectivity index (χ3v) is 5.90. The molecule has 157 valence electrons. The first-order valence-electron chi connectivity index (χ1n) is 10.3. The molecule has 0 saturated carbocycles. The van der Waals surface area contributed by atoms with Crippen LogP contribution in [0.1, 0.15) is 24.3 Å². The Labute approximate surface area is 185 Å². The van der Waals surface area contributed by atoms with Crippen molar-refractivity contribution in [1.29, 1.82) is 0 Å². The van der Waals surface area contributed by atoms with E-state index in [0.717, 1.165) is 48.7 Å². The highest BCUT2D eigenvalue weighted by Gasteiger charge is 2.18. The predicted octanol–water partition coefficient (Wildman–Crippen LogP) is 4.68. The summed E-state index contributed by atoms with van der Waals surface area (Å²) in [4.78, 5) is 13.5. The van der Waals surface area contributed by atoms with E-state index in [9.17, 15) is 0 Å². The van der Waals surface area contributed by atoms with E-state index in [1.54, 1.807) is 19.5 Å². The monoisotopic (exact) mass is 433 g/mol. The van der Waals surface area contributed by atoms with E-state index in [-0.39, 0.29) is 0 Å².